The first-order valence-electron chi connectivity index (χ1n) is 15.2. The number of aromatic hydroxyl groups is 2. The van der Waals surface area contributed by atoms with Gasteiger partial charge in [0.05, 0.1) is 39.6 Å². The predicted molar refractivity (Wildman–Crippen MR) is 162 cm³/mol. The molecule has 0 aromatic heterocycles. The van der Waals surface area contributed by atoms with Crippen molar-refractivity contribution in [3.05, 3.63) is 57.6 Å². The molecule has 2 heterocycles. The van der Waals surface area contributed by atoms with Gasteiger partial charge in [0, 0.05) is 67.6 Å². The Balaban J connectivity index is 1.46. The maximum atomic E-state index is 11.1. The van der Waals surface area contributed by atoms with E-state index in [1.165, 1.54) is 0 Å². The maximum Gasteiger partial charge on any atom is 0.125 e. The van der Waals surface area contributed by atoms with Gasteiger partial charge in [-0.15, -0.1) is 0 Å². The molecular weight excluding hydrogens is 554 g/mol. The highest BCUT2D eigenvalue weighted by Gasteiger charge is 2.35. The molecular formula is C32H49N3O8. The number of benzene rings is 2. The number of phenols is 2. The lowest BCUT2D eigenvalue weighted by molar-refractivity contribution is -0.0290. The van der Waals surface area contributed by atoms with E-state index in [-0.39, 0.29) is 51.1 Å². The minimum absolute atomic E-state index is 0.101. The SMILES string of the molecule is Cc1cc(COC(CO)CO)c(O)c(CN2CCCN3CC3CN(Cc3cc(C)cc(COC(CO)CO)c3O)CC2)c1. The molecule has 0 bridgehead atoms. The first kappa shape index (κ1) is 33.6. The van der Waals surface area contributed by atoms with Crippen LogP contribution in [0.25, 0.3) is 0 Å². The van der Waals surface area contributed by atoms with E-state index in [1.807, 2.05) is 38.1 Å². The number of phenolic OH excluding ortho intramolecular Hbond substituents is 2. The van der Waals surface area contributed by atoms with E-state index in [2.05, 4.69) is 14.7 Å². The van der Waals surface area contributed by atoms with Crippen molar-refractivity contribution in [2.24, 2.45) is 0 Å². The molecule has 2 atom stereocenters. The topological polar surface area (TPSA) is 149 Å². The van der Waals surface area contributed by atoms with Crippen molar-refractivity contribution >= 4 is 0 Å². The third-order valence-corrected chi connectivity index (χ3v) is 8.32. The Morgan fingerprint density at radius 1 is 0.651 bits per heavy atom. The lowest BCUT2D eigenvalue weighted by Crippen LogP contribution is -2.39. The molecule has 0 spiro atoms. The van der Waals surface area contributed by atoms with E-state index in [0.29, 0.717) is 30.3 Å². The van der Waals surface area contributed by atoms with Gasteiger partial charge in [0.25, 0.3) is 0 Å². The Morgan fingerprint density at radius 3 is 1.63 bits per heavy atom. The third kappa shape index (κ3) is 9.58. The predicted octanol–water partition coefficient (Wildman–Crippen LogP) is 0.846. The Hall–Kier alpha value is -2.32. The van der Waals surface area contributed by atoms with Crippen molar-refractivity contribution in [2.75, 3.05) is 65.7 Å². The summed E-state index contributed by atoms with van der Waals surface area (Å²) in [6.07, 6.45) is -0.336. The number of aliphatic hydroxyl groups excluding tert-OH is 4. The molecule has 11 heteroatoms. The highest BCUT2D eigenvalue weighted by Crippen LogP contribution is 2.30. The van der Waals surface area contributed by atoms with Crippen molar-refractivity contribution in [1.82, 2.24) is 14.7 Å². The zero-order chi connectivity index (χ0) is 30.9. The smallest absolute Gasteiger partial charge is 0.125 e. The largest absolute Gasteiger partial charge is 0.507 e. The van der Waals surface area contributed by atoms with Crippen molar-refractivity contribution in [3.63, 3.8) is 0 Å². The molecule has 2 fully saturated rings. The maximum absolute atomic E-state index is 11.1. The van der Waals surface area contributed by atoms with Crippen molar-refractivity contribution in [1.29, 1.82) is 0 Å². The molecule has 6 N–H and O–H groups in total. The Kier molecular flexibility index (Phi) is 12.6. The first-order valence-corrected chi connectivity index (χ1v) is 15.2. The number of rotatable bonds is 14. The fraction of sp³-hybridized carbons (Fsp3) is 0.625. The van der Waals surface area contributed by atoms with Gasteiger partial charge in [-0.3, -0.25) is 14.7 Å². The Morgan fingerprint density at radius 2 is 1.12 bits per heavy atom. The van der Waals surface area contributed by atoms with Crippen LogP contribution >= 0.6 is 0 Å². The van der Waals surface area contributed by atoms with Gasteiger partial charge in [-0.2, -0.15) is 0 Å². The molecule has 0 saturated carbocycles. The number of nitrogens with zero attached hydrogens (tertiary/aromatic N) is 3. The van der Waals surface area contributed by atoms with Crippen LogP contribution in [0.3, 0.4) is 0 Å². The van der Waals surface area contributed by atoms with Gasteiger partial charge >= 0.3 is 0 Å². The second-order valence-corrected chi connectivity index (χ2v) is 12.0. The molecule has 0 aliphatic carbocycles. The molecule has 2 aliphatic heterocycles. The van der Waals surface area contributed by atoms with Crippen LogP contribution in [0.5, 0.6) is 11.5 Å². The van der Waals surface area contributed by atoms with Crippen molar-refractivity contribution < 1.29 is 40.1 Å². The van der Waals surface area contributed by atoms with Gasteiger partial charge in [0.15, 0.2) is 0 Å². The van der Waals surface area contributed by atoms with E-state index in [1.54, 1.807) is 0 Å². The summed E-state index contributed by atoms with van der Waals surface area (Å²) in [5, 5.41) is 59.6. The van der Waals surface area contributed by atoms with Crippen LogP contribution < -0.4 is 0 Å². The molecule has 2 aliphatic rings. The van der Waals surface area contributed by atoms with Gasteiger partial charge in [-0.05, 0) is 33.4 Å². The van der Waals surface area contributed by atoms with Crippen LogP contribution in [0, 0.1) is 13.8 Å². The highest BCUT2D eigenvalue weighted by molar-refractivity contribution is 5.44. The Labute approximate surface area is 254 Å². The molecule has 0 amide bonds. The van der Waals surface area contributed by atoms with Gasteiger partial charge in [0.1, 0.15) is 23.7 Å². The van der Waals surface area contributed by atoms with Crippen LogP contribution in [0.15, 0.2) is 24.3 Å². The van der Waals surface area contributed by atoms with Crippen molar-refractivity contribution in [2.45, 2.75) is 64.8 Å². The van der Waals surface area contributed by atoms with Gasteiger partial charge in [-0.25, -0.2) is 0 Å². The molecule has 2 unspecified atom stereocenters. The minimum atomic E-state index is -0.688. The number of aryl methyl sites for hydroxylation is 2. The standard InChI is InChI=1S/C32H49N3O8/c1-22-8-24(31(40)26(10-22)20-42-29(16-36)17-37)12-33-4-3-5-35-15-28(35)14-34(7-6-33)13-25-9-23(2)11-27(32(25)41)21-43-30(18-38)19-39/h8-11,28-30,36-41H,3-7,12-21H2,1-2H3. The monoisotopic (exact) mass is 603 g/mol. The molecule has 43 heavy (non-hydrogen) atoms. The van der Waals surface area contributed by atoms with E-state index >= 15 is 0 Å². The van der Waals surface area contributed by atoms with Crippen LogP contribution in [0.4, 0.5) is 0 Å². The van der Waals surface area contributed by atoms with Gasteiger partial charge in [0.2, 0.25) is 0 Å². The summed E-state index contributed by atoms with van der Waals surface area (Å²) in [5.74, 6) is 0.371. The van der Waals surface area contributed by atoms with Gasteiger partial charge in [-0.1, -0.05) is 35.4 Å². The lowest BCUT2D eigenvalue weighted by atomic mass is 10.0. The average Bonchev–Trinajstić information content (AvgIpc) is 3.74. The van der Waals surface area contributed by atoms with Crippen LogP contribution in [0.2, 0.25) is 0 Å². The van der Waals surface area contributed by atoms with Crippen LogP contribution in [-0.4, -0.2) is 129 Å². The zero-order valence-corrected chi connectivity index (χ0v) is 25.5. The summed E-state index contributed by atoms with van der Waals surface area (Å²) in [7, 11) is 0. The molecule has 2 aromatic carbocycles. The summed E-state index contributed by atoms with van der Waals surface area (Å²) in [4.78, 5) is 7.22. The normalized spacial score (nSPS) is 20.1. The van der Waals surface area contributed by atoms with E-state index in [4.69, 9.17) is 9.47 Å². The Bertz CT molecular complexity index is 1170. The zero-order valence-electron chi connectivity index (χ0n) is 25.5. The fourth-order valence-electron chi connectivity index (χ4n) is 5.81. The molecule has 11 nitrogen and oxygen atoms in total. The van der Waals surface area contributed by atoms with Crippen LogP contribution in [-0.2, 0) is 35.8 Å². The molecule has 0 radical (unpaired) electrons. The second-order valence-electron chi connectivity index (χ2n) is 12.0. The number of hydrogen-bond acceptors (Lipinski definition) is 11. The fourth-order valence-corrected chi connectivity index (χ4v) is 5.81. The number of hydrogen-bond donors (Lipinski definition) is 6. The molecule has 2 aromatic rings. The minimum Gasteiger partial charge on any atom is -0.507 e. The summed E-state index contributed by atoms with van der Waals surface area (Å²) >= 11 is 0. The molecule has 240 valence electrons. The molecule has 4 rings (SSSR count). The lowest BCUT2D eigenvalue weighted by Gasteiger charge is -2.30. The number of ether oxygens (including phenoxy) is 2. The number of fused-ring (bicyclic) bond motifs is 1. The second kappa shape index (κ2) is 16.1. The average molecular weight is 604 g/mol. The summed E-state index contributed by atoms with van der Waals surface area (Å²) in [6, 6.07) is 8.26. The summed E-state index contributed by atoms with van der Waals surface area (Å²) < 4.78 is 11.2. The van der Waals surface area contributed by atoms with E-state index in [9.17, 15) is 30.6 Å². The summed E-state index contributed by atoms with van der Waals surface area (Å²) in [6.45, 7) is 9.63. The van der Waals surface area contributed by atoms with E-state index < -0.39 is 12.2 Å². The summed E-state index contributed by atoms with van der Waals surface area (Å²) in [5.41, 5.74) is 4.92. The highest BCUT2D eigenvalue weighted by atomic mass is 16.5. The number of aliphatic hydroxyl groups is 4. The van der Waals surface area contributed by atoms with E-state index in [0.717, 1.165) is 67.9 Å². The molecule has 2 saturated heterocycles. The van der Waals surface area contributed by atoms with Crippen LogP contribution in [0.1, 0.15) is 39.8 Å². The first-order chi connectivity index (χ1) is 20.7. The quantitative estimate of drug-likeness (QED) is 0.171. The third-order valence-electron chi connectivity index (χ3n) is 8.32. The van der Waals surface area contributed by atoms with Gasteiger partial charge < -0.3 is 40.1 Å². The van der Waals surface area contributed by atoms with Crippen molar-refractivity contribution in [3.8, 4) is 11.5 Å².